The van der Waals surface area contributed by atoms with Gasteiger partial charge in [-0.15, -0.1) is 0 Å². The molecule has 1 unspecified atom stereocenters. The number of fused-ring (bicyclic) bond motifs is 1. The highest BCUT2D eigenvalue weighted by Gasteiger charge is 2.23. The number of hydrogen-bond acceptors (Lipinski definition) is 2. The molecule has 1 N–H and O–H groups in total. The minimum Gasteiger partial charge on any atom is -0.488 e. The standard InChI is InChI=1S/C17H17Br2NO/c1-11(15-4-2-3-5-16(15)19)20-10-14-9-12-8-13(18)6-7-17(12)21-14/h2-8,11,14,20H,9-10H2,1H3/t11-,14?/m0/s1. The van der Waals surface area contributed by atoms with Crippen LogP contribution in [0.25, 0.3) is 0 Å². The number of hydrogen-bond donors (Lipinski definition) is 1. The highest BCUT2D eigenvalue weighted by Crippen LogP contribution is 2.31. The van der Waals surface area contributed by atoms with E-state index in [-0.39, 0.29) is 6.10 Å². The molecule has 4 heteroatoms. The molecule has 2 nitrogen and oxygen atoms in total. The number of rotatable bonds is 4. The minimum absolute atomic E-state index is 0.208. The summed E-state index contributed by atoms with van der Waals surface area (Å²) in [4.78, 5) is 0. The summed E-state index contributed by atoms with van der Waals surface area (Å²) in [6, 6.07) is 14.8. The first-order chi connectivity index (χ1) is 10.1. The average molecular weight is 411 g/mol. The second-order valence-corrected chi connectivity index (χ2v) is 7.12. The van der Waals surface area contributed by atoms with Gasteiger partial charge in [-0.05, 0) is 42.3 Å². The number of halogens is 2. The lowest BCUT2D eigenvalue weighted by atomic mass is 10.1. The molecule has 2 atom stereocenters. The maximum absolute atomic E-state index is 5.98. The number of nitrogens with one attached hydrogen (secondary N) is 1. The van der Waals surface area contributed by atoms with Gasteiger partial charge in [-0.2, -0.15) is 0 Å². The molecule has 0 fully saturated rings. The summed E-state index contributed by atoms with van der Waals surface area (Å²) in [7, 11) is 0. The lowest BCUT2D eigenvalue weighted by Crippen LogP contribution is -2.32. The first-order valence-corrected chi connectivity index (χ1v) is 8.65. The molecule has 0 radical (unpaired) electrons. The van der Waals surface area contributed by atoms with Crippen LogP contribution in [0.5, 0.6) is 5.75 Å². The smallest absolute Gasteiger partial charge is 0.123 e. The Hall–Kier alpha value is -0.840. The molecular weight excluding hydrogens is 394 g/mol. The van der Waals surface area contributed by atoms with Crippen molar-refractivity contribution in [2.75, 3.05) is 6.54 Å². The van der Waals surface area contributed by atoms with Crippen molar-refractivity contribution in [3.8, 4) is 5.75 Å². The maximum Gasteiger partial charge on any atom is 0.123 e. The third-order valence-corrected chi connectivity index (χ3v) is 5.00. The molecule has 0 bridgehead atoms. The predicted molar refractivity (Wildman–Crippen MR) is 92.8 cm³/mol. The fourth-order valence-electron chi connectivity index (χ4n) is 2.65. The van der Waals surface area contributed by atoms with Crippen LogP contribution >= 0.6 is 31.9 Å². The summed E-state index contributed by atoms with van der Waals surface area (Å²) in [5.74, 6) is 1.01. The molecule has 0 aromatic heterocycles. The topological polar surface area (TPSA) is 21.3 Å². The van der Waals surface area contributed by atoms with Crippen molar-refractivity contribution in [2.45, 2.75) is 25.5 Å². The van der Waals surface area contributed by atoms with E-state index in [0.29, 0.717) is 6.04 Å². The summed E-state index contributed by atoms with van der Waals surface area (Å²) in [5.41, 5.74) is 2.56. The Morgan fingerprint density at radius 2 is 2.05 bits per heavy atom. The van der Waals surface area contributed by atoms with Crippen molar-refractivity contribution < 1.29 is 4.74 Å². The first-order valence-electron chi connectivity index (χ1n) is 7.06. The summed E-state index contributed by atoms with van der Waals surface area (Å²) < 4.78 is 8.24. The van der Waals surface area contributed by atoms with Gasteiger partial charge < -0.3 is 10.1 Å². The second kappa shape index (κ2) is 6.51. The summed E-state index contributed by atoms with van der Waals surface area (Å²) in [6.07, 6.45) is 1.17. The van der Waals surface area contributed by atoms with Crippen molar-refractivity contribution in [2.24, 2.45) is 0 Å². The monoisotopic (exact) mass is 409 g/mol. The third kappa shape index (κ3) is 3.50. The van der Waals surface area contributed by atoms with Crippen molar-refractivity contribution in [1.82, 2.24) is 5.32 Å². The van der Waals surface area contributed by atoms with E-state index in [2.05, 4.69) is 68.4 Å². The van der Waals surface area contributed by atoms with Crippen LogP contribution in [0.3, 0.4) is 0 Å². The highest BCUT2D eigenvalue weighted by molar-refractivity contribution is 9.10. The van der Waals surface area contributed by atoms with E-state index in [4.69, 9.17) is 4.74 Å². The van der Waals surface area contributed by atoms with E-state index in [0.717, 1.165) is 27.7 Å². The molecule has 0 saturated heterocycles. The number of benzene rings is 2. The van der Waals surface area contributed by atoms with Gasteiger partial charge in [0.2, 0.25) is 0 Å². The molecule has 0 spiro atoms. The second-order valence-electron chi connectivity index (χ2n) is 5.35. The zero-order chi connectivity index (χ0) is 14.8. The van der Waals surface area contributed by atoms with Crippen LogP contribution in [-0.2, 0) is 6.42 Å². The van der Waals surface area contributed by atoms with Gasteiger partial charge in [-0.3, -0.25) is 0 Å². The summed E-state index contributed by atoms with van der Waals surface area (Å²) in [6.45, 7) is 3.02. The Labute approximate surface area is 142 Å². The third-order valence-electron chi connectivity index (χ3n) is 3.79. The number of ether oxygens (including phenoxy) is 1. The molecule has 1 aliphatic heterocycles. The lowest BCUT2D eigenvalue weighted by Gasteiger charge is -2.18. The van der Waals surface area contributed by atoms with Gasteiger partial charge in [0, 0.05) is 28.0 Å². The van der Waals surface area contributed by atoms with Gasteiger partial charge in [-0.25, -0.2) is 0 Å². The molecule has 3 rings (SSSR count). The van der Waals surface area contributed by atoms with Crippen LogP contribution in [-0.4, -0.2) is 12.6 Å². The van der Waals surface area contributed by atoms with Crippen LogP contribution in [0.1, 0.15) is 24.1 Å². The molecular formula is C17H17Br2NO. The normalized spacial score (nSPS) is 18.1. The molecule has 0 aliphatic carbocycles. The zero-order valence-corrected chi connectivity index (χ0v) is 14.9. The highest BCUT2D eigenvalue weighted by atomic mass is 79.9. The molecule has 21 heavy (non-hydrogen) atoms. The fraction of sp³-hybridized carbons (Fsp3) is 0.294. The van der Waals surface area contributed by atoms with E-state index >= 15 is 0 Å². The van der Waals surface area contributed by atoms with Crippen LogP contribution in [0.15, 0.2) is 51.4 Å². The van der Waals surface area contributed by atoms with Crippen molar-refractivity contribution in [3.05, 3.63) is 62.5 Å². The van der Waals surface area contributed by atoms with E-state index in [1.807, 2.05) is 18.2 Å². The van der Waals surface area contributed by atoms with Crippen molar-refractivity contribution >= 4 is 31.9 Å². The van der Waals surface area contributed by atoms with Crippen LogP contribution in [0.4, 0.5) is 0 Å². The van der Waals surface area contributed by atoms with Crippen molar-refractivity contribution in [3.63, 3.8) is 0 Å². The average Bonchev–Trinajstić information content (AvgIpc) is 2.87. The van der Waals surface area contributed by atoms with Gasteiger partial charge >= 0.3 is 0 Å². The van der Waals surface area contributed by atoms with Gasteiger partial charge in [0.1, 0.15) is 11.9 Å². The Balaban J connectivity index is 1.59. The van der Waals surface area contributed by atoms with Gasteiger partial charge in [0.15, 0.2) is 0 Å². The molecule has 1 aliphatic rings. The minimum atomic E-state index is 0.208. The lowest BCUT2D eigenvalue weighted by molar-refractivity contribution is 0.222. The Kier molecular flexibility index (Phi) is 4.67. The Morgan fingerprint density at radius 3 is 2.86 bits per heavy atom. The molecule has 2 aromatic carbocycles. The molecule has 0 amide bonds. The quantitative estimate of drug-likeness (QED) is 0.776. The molecule has 2 aromatic rings. The van der Waals surface area contributed by atoms with Crippen LogP contribution in [0, 0.1) is 0 Å². The summed E-state index contributed by atoms with van der Waals surface area (Å²) in [5, 5.41) is 3.56. The van der Waals surface area contributed by atoms with E-state index in [1.165, 1.54) is 11.1 Å². The van der Waals surface area contributed by atoms with Gasteiger partial charge in [-0.1, -0.05) is 50.1 Å². The van der Waals surface area contributed by atoms with Crippen molar-refractivity contribution in [1.29, 1.82) is 0 Å². The molecule has 110 valence electrons. The molecule has 0 saturated carbocycles. The first kappa shape index (κ1) is 15.1. The SMILES string of the molecule is C[C@H](NCC1Cc2cc(Br)ccc2O1)c1ccccc1Br. The maximum atomic E-state index is 5.98. The van der Waals surface area contributed by atoms with E-state index in [1.54, 1.807) is 0 Å². The van der Waals surface area contributed by atoms with Crippen LogP contribution < -0.4 is 10.1 Å². The Bertz CT molecular complexity index is 644. The van der Waals surface area contributed by atoms with E-state index in [9.17, 15) is 0 Å². The summed E-state index contributed by atoms with van der Waals surface area (Å²) >= 11 is 7.11. The largest absolute Gasteiger partial charge is 0.488 e. The fourth-order valence-corrected chi connectivity index (χ4v) is 3.68. The van der Waals surface area contributed by atoms with Gasteiger partial charge in [0.05, 0.1) is 0 Å². The predicted octanol–water partition coefficient (Wildman–Crippen LogP) is 4.87. The van der Waals surface area contributed by atoms with Gasteiger partial charge in [0.25, 0.3) is 0 Å². The zero-order valence-electron chi connectivity index (χ0n) is 11.8. The van der Waals surface area contributed by atoms with Crippen LogP contribution in [0.2, 0.25) is 0 Å². The molecule has 1 heterocycles. The Morgan fingerprint density at radius 1 is 1.24 bits per heavy atom. The van der Waals surface area contributed by atoms with E-state index < -0.39 is 0 Å².